The average Bonchev–Trinajstić information content (AvgIpc) is 2.07. The molecule has 3 heteroatoms. The summed E-state index contributed by atoms with van der Waals surface area (Å²) in [6.07, 6.45) is 1.20. The van der Waals surface area contributed by atoms with E-state index in [1.165, 1.54) is 12.1 Å². The van der Waals surface area contributed by atoms with Gasteiger partial charge in [0, 0.05) is 18.4 Å². The Bertz CT molecular complexity index is 360. The van der Waals surface area contributed by atoms with Gasteiger partial charge in [0.2, 0.25) is 0 Å². The molecule has 1 nitrogen and oxygen atoms in total. The fraction of sp³-hybridized carbons (Fsp3) is 0.300. The molecule has 1 aromatic carbocycles. The van der Waals surface area contributed by atoms with Gasteiger partial charge in [0.05, 0.1) is 0 Å². The number of hydrogen-bond donors (Lipinski definition) is 0. The quantitative estimate of drug-likeness (QED) is 0.651. The molecule has 68 valence electrons. The highest BCUT2D eigenvalue weighted by molar-refractivity contribution is 5.91. The van der Waals surface area contributed by atoms with Crippen molar-refractivity contribution < 1.29 is 13.6 Å². The minimum absolute atomic E-state index is 0.0468. The maximum atomic E-state index is 13.1. The molecule has 0 heterocycles. The van der Waals surface area contributed by atoms with Crippen LogP contribution >= 0.6 is 0 Å². The number of ketones is 1. The maximum Gasteiger partial charge on any atom is 0.140 e. The lowest BCUT2D eigenvalue weighted by Crippen LogP contribution is -2.24. The Kier molecular flexibility index (Phi) is 1.87. The van der Waals surface area contributed by atoms with Crippen molar-refractivity contribution in [3.8, 4) is 0 Å². The molecule has 0 radical (unpaired) electrons. The van der Waals surface area contributed by atoms with Gasteiger partial charge in [-0.2, -0.15) is 0 Å². The first-order valence-electron chi connectivity index (χ1n) is 4.16. The largest absolute Gasteiger partial charge is 0.299 e. The van der Waals surface area contributed by atoms with Crippen LogP contribution in [0.3, 0.4) is 0 Å². The molecule has 0 saturated heterocycles. The van der Waals surface area contributed by atoms with Gasteiger partial charge in [-0.15, -0.1) is 0 Å². The van der Waals surface area contributed by atoms with E-state index in [0.717, 1.165) is 6.07 Å². The van der Waals surface area contributed by atoms with Crippen molar-refractivity contribution in [2.75, 3.05) is 0 Å². The monoisotopic (exact) mass is 182 g/mol. The van der Waals surface area contributed by atoms with Crippen LogP contribution < -0.4 is 0 Å². The third-order valence-corrected chi connectivity index (χ3v) is 2.41. The van der Waals surface area contributed by atoms with Crippen molar-refractivity contribution >= 4 is 5.78 Å². The lowest BCUT2D eigenvalue weighted by molar-refractivity contribution is -0.125. The first-order chi connectivity index (χ1) is 6.18. The summed E-state index contributed by atoms with van der Waals surface area (Å²) in [6, 6.07) is 3.36. The Balaban J connectivity index is 2.35. The van der Waals surface area contributed by atoms with E-state index in [2.05, 4.69) is 0 Å². The summed E-state index contributed by atoms with van der Waals surface area (Å²) in [7, 11) is 0. The summed E-state index contributed by atoms with van der Waals surface area (Å²) < 4.78 is 25.6. The number of halogens is 2. The lowest BCUT2D eigenvalue weighted by Gasteiger charge is -2.24. The van der Waals surface area contributed by atoms with E-state index in [-0.39, 0.29) is 11.7 Å². The zero-order valence-electron chi connectivity index (χ0n) is 6.89. The van der Waals surface area contributed by atoms with E-state index < -0.39 is 11.6 Å². The highest BCUT2D eigenvalue weighted by Gasteiger charge is 2.31. The summed E-state index contributed by atoms with van der Waals surface area (Å²) in [5, 5.41) is 0. The molecule has 1 atom stereocenters. The number of rotatable bonds is 1. The second kappa shape index (κ2) is 2.91. The maximum absolute atomic E-state index is 13.1. The fourth-order valence-corrected chi connectivity index (χ4v) is 1.52. The fourth-order valence-electron chi connectivity index (χ4n) is 1.52. The van der Waals surface area contributed by atoms with Gasteiger partial charge in [0.15, 0.2) is 0 Å². The Morgan fingerprint density at radius 3 is 2.54 bits per heavy atom. The predicted molar refractivity (Wildman–Crippen MR) is 43.3 cm³/mol. The normalized spacial score (nSPS) is 21.4. The second-order valence-electron chi connectivity index (χ2n) is 3.22. The van der Waals surface area contributed by atoms with Gasteiger partial charge in [-0.3, -0.25) is 4.79 Å². The van der Waals surface area contributed by atoms with Gasteiger partial charge in [-0.05, 0) is 18.1 Å². The summed E-state index contributed by atoms with van der Waals surface area (Å²) in [4.78, 5) is 11.0. The molecule has 2 rings (SSSR count). The molecule has 0 N–H and O–H groups in total. The molecule has 1 aliphatic carbocycles. The van der Waals surface area contributed by atoms with Gasteiger partial charge < -0.3 is 0 Å². The van der Waals surface area contributed by atoms with E-state index in [0.29, 0.717) is 18.4 Å². The topological polar surface area (TPSA) is 17.1 Å². The molecule has 0 amide bonds. The van der Waals surface area contributed by atoms with Crippen LogP contribution in [-0.4, -0.2) is 5.78 Å². The Hall–Kier alpha value is -1.25. The third-order valence-electron chi connectivity index (χ3n) is 2.41. The third kappa shape index (κ3) is 1.34. The molecule has 1 saturated carbocycles. The van der Waals surface area contributed by atoms with Crippen LogP contribution in [0, 0.1) is 11.6 Å². The minimum atomic E-state index is -0.613. The van der Waals surface area contributed by atoms with Gasteiger partial charge in [-0.25, -0.2) is 8.78 Å². The van der Waals surface area contributed by atoms with Crippen molar-refractivity contribution in [3.63, 3.8) is 0 Å². The second-order valence-corrected chi connectivity index (χ2v) is 3.22. The molecule has 0 aromatic heterocycles. The zero-order valence-corrected chi connectivity index (χ0v) is 6.89. The van der Waals surface area contributed by atoms with E-state index in [1.54, 1.807) is 0 Å². The van der Waals surface area contributed by atoms with Crippen molar-refractivity contribution in [2.45, 2.75) is 18.8 Å². The van der Waals surface area contributed by atoms with Crippen LogP contribution in [-0.2, 0) is 4.79 Å². The summed E-state index contributed by atoms with van der Waals surface area (Å²) in [5.74, 6) is -1.50. The van der Waals surface area contributed by atoms with Gasteiger partial charge in [-0.1, -0.05) is 6.07 Å². The van der Waals surface area contributed by atoms with Crippen molar-refractivity contribution in [1.82, 2.24) is 0 Å². The van der Waals surface area contributed by atoms with Crippen LogP contribution in [0.4, 0.5) is 8.78 Å². The number of carbonyl (C=O) groups excluding carboxylic acids is 1. The van der Waals surface area contributed by atoms with Crippen molar-refractivity contribution in [1.29, 1.82) is 0 Å². The van der Waals surface area contributed by atoms with E-state index >= 15 is 0 Å². The minimum Gasteiger partial charge on any atom is -0.299 e. The zero-order chi connectivity index (χ0) is 9.42. The van der Waals surface area contributed by atoms with E-state index in [9.17, 15) is 13.6 Å². The molecule has 0 spiro atoms. The van der Waals surface area contributed by atoms with Crippen molar-refractivity contribution in [2.24, 2.45) is 0 Å². The van der Waals surface area contributed by atoms with Crippen LogP contribution in [0.2, 0.25) is 0 Å². The summed E-state index contributed by atoms with van der Waals surface area (Å²) >= 11 is 0. The van der Waals surface area contributed by atoms with Crippen LogP contribution in [0.15, 0.2) is 18.2 Å². The first-order valence-corrected chi connectivity index (χ1v) is 4.16. The molecular formula is C10H8F2O. The summed E-state index contributed by atoms with van der Waals surface area (Å²) in [6.45, 7) is 0. The van der Waals surface area contributed by atoms with Crippen LogP contribution in [0.5, 0.6) is 0 Å². The standard InChI is InChI=1S/C10H8F2O/c11-6-1-2-7(9(12)5-6)8-3-4-10(8)13/h1-2,5,8H,3-4H2/t8-/m0/s1. The molecule has 0 aliphatic heterocycles. The first kappa shape index (κ1) is 8.35. The van der Waals surface area contributed by atoms with Crippen molar-refractivity contribution in [3.05, 3.63) is 35.4 Å². The SMILES string of the molecule is O=C1CC[C@H]1c1ccc(F)cc1F. The smallest absolute Gasteiger partial charge is 0.140 e. The van der Waals surface area contributed by atoms with E-state index in [4.69, 9.17) is 0 Å². The summed E-state index contributed by atoms with van der Waals surface area (Å²) in [5.41, 5.74) is 0.331. The molecule has 1 aromatic rings. The predicted octanol–water partition coefficient (Wildman–Crippen LogP) is 2.41. The average molecular weight is 182 g/mol. The van der Waals surface area contributed by atoms with Gasteiger partial charge >= 0.3 is 0 Å². The number of carbonyl (C=O) groups is 1. The lowest BCUT2D eigenvalue weighted by atomic mass is 9.78. The molecule has 0 bridgehead atoms. The highest BCUT2D eigenvalue weighted by Crippen LogP contribution is 2.34. The molecule has 1 aliphatic rings. The Morgan fingerprint density at radius 1 is 1.31 bits per heavy atom. The number of Topliss-reactive ketones (excluding diaryl/α,β-unsaturated/α-hetero) is 1. The highest BCUT2D eigenvalue weighted by atomic mass is 19.1. The van der Waals surface area contributed by atoms with Crippen LogP contribution in [0.25, 0.3) is 0 Å². The molecular weight excluding hydrogens is 174 g/mol. The molecule has 13 heavy (non-hydrogen) atoms. The van der Waals surface area contributed by atoms with E-state index in [1.807, 2.05) is 0 Å². The number of hydrogen-bond acceptors (Lipinski definition) is 1. The molecule has 1 fully saturated rings. The van der Waals surface area contributed by atoms with Gasteiger partial charge in [0.1, 0.15) is 17.4 Å². The van der Waals surface area contributed by atoms with Gasteiger partial charge in [0.25, 0.3) is 0 Å². The molecule has 0 unspecified atom stereocenters. The Morgan fingerprint density at radius 2 is 2.08 bits per heavy atom. The van der Waals surface area contributed by atoms with Crippen LogP contribution in [0.1, 0.15) is 24.3 Å². The number of benzene rings is 1. The Labute approximate surface area is 74.4 Å².